The lowest BCUT2D eigenvalue weighted by atomic mass is 10.2. The highest BCUT2D eigenvalue weighted by molar-refractivity contribution is 6.30. The summed E-state index contributed by atoms with van der Waals surface area (Å²) in [7, 11) is 0. The van der Waals surface area contributed by atoms with Crippen LogP contribution in [0.3, 0.4) is 0 Å². The van der Waals surface area contributed by atoms with Crippen molar-refractivity contribution < 1.29 is 9.13 Å². The minimum Gasteiger partial charge on any atom is -0.489 e. The zero-order chi connectivity index (χ0) is 14.4. The number of nitrogens with one attached hydrogen (secondary N) is 1. The van der Waals surface area contributed by atoms with Gasteiger partial charge in [-0.05, 0) is 42.4 Å². The molecule has 106 valence electrons. The highest BCUT2D eigenvalue weighted by Gasteiger charge is 2.06. The van der Waals surface area contributed by atoms with Crippen LogP contribution in [0, 0.1) is 5.82 Å². The summed E-state index contributed by atoms with van der Waals surface area (Å²) in [4.78, 5) is 0. The van der Waals surface area contributed by atoms with Gasteiger partial charge < -0.3 is 10.1 Å². The van der Waals surface area contributed by atoms with E-state index < -0.39 is 0 Å². The van der Waals surface area contributed by atoms with E-state index in [1.165, 1.54) is 12.1 Å². The van der Waals surface area contributed by atoms with E-state index in [1.807, 2.05) is 31.2 Å². The molecule has 4 heteroatoms. The summed E-state index contributed by atoms with van der Waals surface area (Å²) in [5, 5.41) is 3.85. The number of hydrogen-bond donors (Lipinski definition) is 1. The van der Waals surface area contributed by atoms with Crippen LogP contribution in [0.4, 0.5) is 4.39 Å². The Kier molecular flexibility index (Phi) is 5.39. The molecule has 20 heavy (non-hydrogen) atoms. The van der Waals surface area contributed by atoms with Crippen LogP contribution in [-0.2, 0) is 13.2 Å². The minimum atomic E-state index is -0.256. The second-order valence-corrected chi connectivity index (χ2v) is 4.89. The molecule has 0 aliphatic carbocycles. The summed E-state index contributed by atoms with van der Waals surface area (Å²) in [5.74, 6) is 0.431. The smallest absolute Gasteiger partial charge is 0.124 e. The van der Waals surface area contributed by atoms with Gasteiger partial charge >= 0.3 is 0 Å². The third-order valence-corrected chi connectivity index (χ3v) is 3.11. The van der Waals surface area contributed by atoms with Crippen molar-refractivity contribution in [3.8, 4) is 5.75 Å². The number of rotatable bonds is 6. The van der Waals surface area contributed by atoms with Crippen LogP contribution in [0.25, 0.3) is 0 Å². The first-order chi connectivity index (χ1) is 9.69. The van der Waals surface area contributed by atoms with E-state index in [-0.39, 0.29) is 5.82 Å². The van der Waals surface area contributed by atoms with Gasteiger partial charge in [-0.2, -0.15) is 0 Å². The van der Waals surface area contributed by atoms with E-state index in [2.05, 4.69) is 5.32 Å². The molecule has 0 spiro atoms. The van der Waals surface area contributed by atoms with Crippen molar-refractivity contribution in [2.75, 3.05) is 6.54 Å². The van der Waals surface area contributed by atoms with Gasteiger partial charge in [-0.15, -0.1) is 0 Å². The van der Waals surface area contributed by atoms with Gasteiger partial charge in [-0.3, -0.25) is 0 Å². The first-order valence-corrected chi connectivity index (χ1v) is 6.93. The molecule has 0 radical (unpaired) electrons. The molecule has 0 bridgehead atoms. The molecule has 1 N–H and O–H groups in total. The van der Waals surface area contributed by atoms with Gasteiger partial charge in [-0.1, -0.05) is 30.7 Å². The van der Waals surface area contributed by atoms with Crippen LogP contribution < -0.4 is 10.1 Å². The zero-order valence-corrected chi connectivity index (χ0v) is 12.1. The van der Waals surface area contributed by atoms with E-state index >= 15 is 0 Å². The number of benzene rings is 2. The van der Waals surface area contributed by atoms with Crippen LogP contribution in [0.5, 0.6) is 5.75 Å². The molecule has 2 rings (SSSR count). The molecule has 0 heterocycles. The predicted molar refractivity (Wildman–Crippen MR) is 79.6 cm³/mol. The van der Waals surface area contributed by atoms with Crippen molar-refractivity contribution in [3.63, 3.8) is 0 Å². The van der Waals surface area contributed by atoms with Gasteiger partial charge in [-0.25, -0.2) is 4.39 Å². The normalized spacial score (nSPS) is 10.6. The SMILES string of the molecule is CCNCc1cc(F)ccc1OCc1cccc(Cl)c1. The molecule has 0 saturated heterocycles. The lowest BCUT2D eigenvalue weighted by Gasteiger charge is -2.12. The summed E-state index contributed by atoms with van der Waals surface area (Å²) in [6.07, 6.45) is 0. The van der Waals surface area contributed by atoms with Gasteiger partial charge in [0.15, 0.2) is 0 Å². The second kappa shape index (κ2) is 7.27. The third kappa shape index (κ3) is 4.22. The maximum absolute atomic E-state index is 13.3. The maximum atomic E-state index is 13.3. The highest BCUT2D eigenvalue weighted by atomic mass is 35.5. The zero-order valence-electron chi connectivity index (χ0n) is 11.3. The molecule has 2 aromatic rings. The molecule has 0 amide bonds. The lowest BCUT2D eigenvalue weighted by molar-refractivity contribution is 0.301. The first kappa shape index (κ1) is 14.8. The van der Waals surface area contributed by atoms with Crippen molar-refractivity contribution in [2.24, 2.45) is 0 Å². The molecule has 2 nitrogen and oxygen atoms in total. The van der Waals surface area contributed by atoms with Crippen LogP contribution in [0.15, 0.2) is 42.5 Å². The van der Waals surface area contributed by atoms with Crippen molar-refractivity contribution in [1.82, 2.24) is 5.32 Å². The molecule has 0 aliphatic rings. The fraction of sp³-hybridized carbons (Fsp3) is 0.250. The van der Waals surface area contributed by atoms with Crippen molar-refractivity contribution in [2.45, 2.75) is 20.1 Å². The molecule has 0 unspecified atom stereocenters. The van der Waals surface area contributed by atoms with Crippen LogP contribution >= 0.6 is 11.6 Å². The number of halogens is 2. The average molecular weight is 294 g/mol. The number of ether oxygens (including phenoxy) is 1. The Morgan fingerprint density at radius 1 is 1.20 bits per heavy atom. The molecule has 2 aromatic carbocycles. The molecular formula is C16H17ClFNO. The number of hydrogen-bond acceptors (Lipinski definition) is 2. The van der Waals surface area contributed by atoms with E-state index in [0.29, 0.717) is 23.9 Å². The predicted octanol–water partition coefficient (Wildman–Crippen LogP) is 4.17. The largest absolute Gasteiger partial charge is 0.489 e. The summed E-state index contributed by atoms with van der Waals surface area (Å²) in [6.45, 7) is 3.82. The summed E-state index contributed by atoms with van der Waals surface area (Å²) in [5.41, 5.74) is 1.80. The highest BCUT2D eigenvalue weighted by Crippen LogP contribution is 2.21. The molecule has 0 aromatic heterocycles. The van der Waals surface area contributed by atoms with Gasteiger partial charge in [0.2, 0.25) is 0 Å². The average Bonchev–Trinajstić information content (AvgIpc) is 2.44. The van der Waals surface area contributed by atoms with Gasteiger partial charge in [0.05, 0.1) is 0 Å². The topological polar surface area (TPSA) is 21.3 Å². The molecule has 0 aliphatic heterocycles. The Labute approximate surface area is 123 Å². The Morgan fingerprint density at radius 2 is 2.05 bits per heavy atom. The Bertz CT molecular complexity index is 574. The summed E-state index contributed by atoms with van der Waals surface area (Å²) >= 11 is 5.93. The monoisotopic (exact) mass is 293 g/mol. The fourth-order valence-electron chi connectivity index (χ4n) is 1.87. The van der Waals surface area contributed by atoms with E-state index in [0.717, 1.165) is 17.7 Å². The van der Waals surface area contributed by atoms with E-state index in [1.54, 1.807) is 6.07 Å². The Balaban J connectivity index is 2.08. The van der Waals surface area contributed by atoms with Crippen molar-refractivity contribution in [3.05, 3.63) is 64.4 Å². The summed E-state index contributed by atoms with van der Waals surface area (Å²) in [6, 6.07) is 12.1. The van der Waals surface area contributed by atoms with Crippen molar-refractivity contribution in [1.29, 1.82) is 0 Å². The van der Waals surface area contributed by atoms with Crippen LogP contribution in [0.1, 0.15) is 18.1 Å². The van der Waals surface area contributed by atoms with Gasteiger partial charge in [0, 0.05) is 17.1 Å². The first-order valence-electron chi connectivity index (χ1n) is 6.55. The molecule has 0 saturated carbocycles. The van der Waals surface area contributed by atoms with E-state index in [9.17, 15) is 4.39 Å². The summed E-state index contributed by atoms with van der Waals surface area (Å²) < 4.78 is 19.1. The van der Waals surface area contributed by atoms with E-state index in [4.69, 9.17) is 16.3 Å². The molecule has 0 fully saturated rings. The second-order valence-electron chi connectivity index (χ2n) is 4.45. The van der Waals surface area contributed by atoms with Gasteiger partial charge in [0.1, 0.15) is 18.2 Å². The Morgan fingerprint density at radius 3 is 2.80 bits per heavy atom. The standard InChI is InChI=1S/C16H17ClFNO/c1-2-19-10-13-9-15(18)6-7-16(13)20-11-12-4-3-5-14(17)8-12/h3-9,19H,2,10-11H2,1H3. The minimum absolute atomic E-state index is 0.256. The lowest BCUT2D eigenvalue weighted by Crippen LogP contribution is -2.13. The van der Waals surface area contributed by atoms with Gasteiger partial charge in [0.25, 0.3) is 0 Å². The van der Waals surface area contributed by atoms with Crippen LogP contribution in [0.2, 0.25) is 5.02 Å². The fourth-order valence-corrected chi connectivity index (χ4v) is 2.09. The molecule has 0 atom stereocenters. The Hall–Kier alpha value is -1.58. The van der Waals surface area contributed by atoms with Crippen molar-refractivity contribution >= 4 is 11.6 Å². The quantitative estimate of drug-likeness (QED) is 0.863. The van der Waals surface area contributed by atoms with Crippen LogP contribution in [-0.4, -0.2) is 6.54 Å². The third-order valence-electron chi connectivity index (χ3n) is 2.87. The maximum Gasteiger partial charge on any atom is 0.124 e. The molecular weight excluding hydrogens is 277 g/mol.